The van der Waals surface area contributed by atoms with Crippen molar-refractivity contribution >= 4 is 21.8 Å². The van der Waals surface area contributed by atoms with Crippen molar-refractivity contribution in [3.63, 3.8) is 0 Å². The Bertz CT molecular complexity index is 1170. The second-order valence-corrected chi connectivity index (χ2v) is 9.97. The third-order valence-electron chi connectivity index (χ3n) is 5.61. The minimum atomic E-state index is -3.92. The molecule has 0 saturated carbocycles. The van der Waals surface area contributed by atoms with Crippen molar-refractivity contribution < 1.29 is 29.6 Å². The van der Waals surface area contributed by atoms with Gasteiger partial charge in [-0.3, -0.25) is 15.0 Å². The van der Waals surface area contributed by atoms with Crippen molar-refractivity contribution in [2.24, 2.45) is 5.92 Å². The summed E-state index contributed by atoms with van der Waals surface area (Å²) in [7, 11) is -3.92. The van der Waals surface area contributed by atoms with Crippen LogP contribution < -0.4 is 10.3 Å². The van der Waals surface area contributed by atoms with Gasteiger partial charge in [-0.05, 0) is 66.6 Å². The summed E-state index contributed by atoms with van der Waals surface area (Å²) in [5.74, 6) is -2.81. The molecule has 1 heterocycles. The van der Waals surface area contributed by atoms with Crippen LogP contribution in [0.15, 0.2) is 36.4 Å². The number of nitrogens with zero attached hydrogens (tertiary/aromatic N) is 1. The van der Waals surface area contributed by atoms with E-state index in [0.717, 1.165) is 0 Å². The molecular formula is C23H31F2N3O4S. The van der Waals surface area contributed by atoms with Crippen molar-refractivity contribution in [3.8, 4) is 11.1 Å². The van der Waals surface area contributed by atoms with Crippen molar-refractivity contribution in [1.82, 2.24) is 15.2 Å². The van der Waals surface area contributed by atoms with Crippen LogP contribution >= 0.6 is 0 Å². The molecule has 1 unspecified atom stereocenters. The van der Waals surface area contributed by atoms with Gasteiger partial charge in [-0.1, -0.05) is 19.1 Å². The van der Waals surface area contributed by atoms with Gasteiger partial charge in [0.1, 0.15) is 11.6 Å². The number of carbonyl (C=O) groups is 2. The number of hydrogen-bond acceptors (Lipinski definition) is 4. The molecule has 1 aliphatic rings. The minimum absolute atomic E-state index is 0. The molecule has 182 valence electrons. The number of hydrazine groups is 1. The molecule has 0 aromatic heterocycles. The number of piperidine rings is 1. The second-order valence-electron chi connectivity index (χ2n) is 8.20. The minimum Gasteiger partial charge on any atom is -0.342 e. The molecular weight excluding hydrogens is 452 g/mol. The van der Waals surface area contributed by atoms with E-state index < -0.39 is 27.6 Å². The van der Waals surface area contributed by atoms with Gasteiger partial charge in [-0.15, -0.1) is 4.83 Å². The van der Waals surface area contributed by atoms with Crippen molar-refractivity contribution in [1.29, 1.82) is 0 Å². The van der Waals surface area contributed by atoms with Crippen LogP contribution in [-0.2, 0) is 14.8 Å². The first-order valence-corrected chi connectivity index (χ1v) is 12.4. The summed E-state index contributed by atoms with van der Waals surface area (Å²) in [5, 5.41) is 0. The molecule has 3 rings (SSSR count). The second kappa shape index (κ2) is 10.4. The summed E-state index contributed by atoms with van der Waals surface area (Å²) in [5.41, 5.74) is 2.73. The summed E-state index contributed by atoms with van der Waals surface area (Å²) in [4.78, 5) is 28.2. The molecule has 1 atom stereocenters. The Balaban J connectivity index is 0.00000306. The predicted molar refractivity (Wildman–Crippen MR) is 125 cm³/mol. The number of nitrogens with one attached hydrogen (secondary N) is 2. The fourth-order valence-corrected chi connectivity index (χ4v) is 5.19. The average Bonchev–Trinajstić information content (AvgIpc) is 2.78. The number of benzene rings is 2. The number of aryl methyl sites for hydroxylation is 1. The van der Waals surface area contributed by atoms with E-state index in [4.69, 9.17) is 0 Å². The zero-order chi connectivity index (χ0) is 24.2. The van der Waals surface area contributed by atoms with E-state index in [1.807, 2.05) is 4.83 Å². The van der Waals surface area contributed by atoms with Gasteiger partial charge in [0.25, 0.3) is 5.91 Å². The van der Waals surface area contributed by atoms with E-state index in [-0.39, 0.29) is 31.6 Å². The molecule has 0 radical (unpaired) electrons. The maximum absolute atomic E-state index is 14.6. The molecule has 0 bridgehead atoms. The van der Waals surface area contributed by atoms with E-state index in [0.29, 0.717) is 43.5 Å². The number of rotatable bonds is 7. The number of likely N-dealkylation sites (tertiary alicyclic amines) is 1. The van der Waals surface area contributed by atoms with Gasteiger partial charge in [-0.2, -0.15) is 0 Å². The first-order valence-electron chi connectivity index (χ1n) is 10.7. The van der Waals surface area contributed by atoms with Crippen molar-refractivity contribution in [2.75, 3.05) is 18.8 Å². The number of amides is 2. The van der Waals surface area contributed by atoms with Crippen LogP contribution in [0.3, 0.4) is 0 Å². The number of hydrogen-bond donors (Lipinski definition) is 2. The monoisotopic (exact) mass is 483 g/mol. The molecule has 1 saturated heterocycles. The summed E-state index contributed by atoms with van der Waals surface area (Å²) >= 11 is 0. The lowest BCUT2D eigenvalue weighted by atomic mass is 9.99. The van der Waals surface area contributed by atoms with Crippen LogP contribution in [0.2, 0.25) is 0 Å². The van der Waals surface area contributed by atoms with E-state index in [1.54, 1.807) is 17.9 Å². The molecule has 33 heavy (non-hydrogen) atoms. The van der Waals surface area contributed by atoms with Crippen molar-refractivity contribution in [2.45, 2.75) is 33.1 Å². The summed E-state index contributed by atoms with van der Waals surface area (Å²) in [6, 6.07) is 8.38. The van der Waals surface area contributed by atoms with Gasteiger partial charge in [0.05, 0.1) is 11.3 Å². The van der Waals surface area contributed by atoms with E-state index in [2.05, 4.69) is 5.43 Å². The average molecular weight is 484 g/mol. The highest BCUT2D eigenvalue weighted by Crippen LogP contribution is 2.25. The van der Waals surface area contributed by atoms with E-state index in [9.17, 15) is 26.8 Å². The third kappa shape index (κ3) is 6.35. The van der Waals surface area contributed by atoms with Crippen molar-refractivity contribution in [3.05, 3.63) is 59.2 Å². The Morgan fingerprint density at radius 2 is 1.94 bits per heavy atom. The Labute approximate surface area is 195 Å². The Kier molecular flexibility index (Phi) is 7.80. The van der Waals surface area contributed by atoms with E-state index >= 15 is 0 Å². The summed E-state index contributed by atoms with van der Waals surface area (Å²) in [6.07, 6.45) is 1.70. The molecule has 1 aliphatic heterocycles. The quantitative estimate of drug-likeness (QED) is 0.588. The Morgan fingerprint density at radius 1 is 1.18 bits per heavy atom. The molecule has 0 spiro atoms. The number of sulfonamides is 1. The Hall–Kier alpha value is -2.85. The van der Waals surface area contributed by atoms with Gasteiger partial charge in [0.15, 0.2) is 0 Å². The first-order chi connectivity index (χ1) is 15.6. The van der Waals surface area contributed by atoms with E-state index in [1.165, 1.54) is 37.3 Å². The first kappa shape index (κ1) is 24.8. The van der Waals surface area contributed by atoms with Crippen LogP contribution in [0.4, 0.5) is 8.78 Å². The Morgan fingerprint density at radius 3 is 2.64 bits per heavy atom. The lowest BCUT2D eigenvalue weighted by molar-refractivity contribution is -0.132. The highest BCUT2D eigenvalue weighted by Gasteiger charge is 2.27. The largest absolute Gasteiger partial charge is 0.342 e. The predicted octanol–water partition coefficient (Wildman–Crippen LogP) is 3.65. The molecule has 2 amide bonds. The fourth-order valence-electron chi connectivity index (χ4n) is 3.96. The molecule has 2 aromatic carbocycles. The highest BCUT2D eigenvalue weighted by atomic mass is 32.2. The third-order valence-corrected chi connectivity index (χ3v) is 6.93. The zero-order valence-corrected chi connectivity index (χ0v) is 19.3. The van der Waals surface area contributed by atoms with Crippen LogP contribution in [-0.4, -0.2) is 44.0 Å². The van der Waals surface area contributed by atoms with Gasteiger partial charge < -0.3 is 4.90 Å². The topological polar surface area (TPSA) is 95.6 Å². The van der Waals surface area contributed by atoms with Crippen LogP contribution in [0.5, 0.6) is 0 Å². The molecule has 0 aliphatic carbocycles. The summed E-state index contributed by atoms with van der Waals surface area (Å²) in [6.45, 7) is 4.16. The lowest BCUT2D eigenvalue weighted by Gasteiger charge is -2.32. The highest BCUT2D eigenvalue weighted by molar-refractivity contribution is 7.89. The maximum atomic E-state index is 14.6. The normalized spacial score (nSPS) is 16.5. The molecule has 1 fully saturated rings. The van der Waals surface area contributed by atoms with Crippen LogP contribution in [0.1, 0.15) is 45.0 Å². The molecule has 7 nitrogen and oxygen atoms in total. The molecule has 10 heteroatoms. The number of halogens is 2. The smallest absolute Gasteiger partial charge is 0.269 e. The molecule has 2 aromatic rings. The lowest BCUT2D eigenvalue weighted by Crippen LogP contribution is -2.47. The zero-order valence-electron chi connectivity index (χ0n) is 18.5. The standard InChI is InChI=1S/C23H27F2N3O4S.2H2/c1-3-21(29)28-9-5-6-16(13-28)14-33(31,32)27-26-23(30)20-12-18(10-15(2)22(20)25)17-7-4-8-19(24)11-17;;/h4,7-8,10-12,16,27H,3,5-6,9,13-14H2,1-2H3,(H,26,30);2*1H. The van der Waals surface area contributed by atoms with Gasteiger partial charge in [-0.25, -0.2) is 17.2 Å². The summed E-state index contributed by atoms with van der Waals surface area (Å²) < 4.78 is 53.2. The van der Waals surface area contributed by atoms with Gasteiger partial charge in [0, 0.05) is 22.4 Å². The fraction of sp³-hybridized carbons (Fsp3) is 0.391. The van der Waals surface area contributed by atoms with Crippen LogP contribution in [0.25, 0.3) is 11.1 Å². The molecule has 2 N–H and O–H groups in total. The number of carbonyl (C=O) groups excluding carboxylic acids is 2. The van der Waals surface area contributed by atoms with Gasteiger partial charge >= 0.3 is 0 Å². The SMILES string of the molecule is CCC(=O)N1CCCC(CS(=O)(=O)NNC(=O)c2cc(-c3cccc(F)c3)cc(C)c2F)C1.[HH].[HH]. The van der Waals surface area contributed by atoms with Crippen LogP contribution in [0, 0.1) is 24.5 Å². The van der Waals surface area contributed by atoms with Gasteiger partial charge in [0.2, 0.25) is 15.9 Å². The maximum Gasteiger partial charge on any atom is 0.269 e.